The second-order valence-electron chi connectivity index (χ2n) is 8.22. The van der Waals surface area contributed by atoms with Crippen LogP contribution in [-0.4, -0.2) is 24.2 Å². The Kier molecular flexibility index (Phi) is 6.80. The fourth-order valence-electron chi connectivity index (χ4n) is 4.40. The zero-order valence-electron chi connectivity index (χ0n) is 18.5. The Morgan fingerprint density at radius 1 is 1.10 bits per heavy atom. The fraction of sp³-hybridized carbons (Fsp3) is 0.423. The lowest BCUT2D eigenvalue weighted by atomic mass is 9.87. The molecule has 0 unspecified atom stereocenters. The van der Waals surface area contributed by atoms with Crippen molar-refractivity contribution in [1.29, 1.82) is 0 Å². The number of nitrogens with one attached hydrogen (secondary N) is 2. The number of hydrogen-bond acceptors (Lipinski definition) is 3. The maximum absolute atomic E-state index is 12.9. The summed E-state index contributed by atoms with van der Waals surface area (Å²) in [5.41, 5.74) is 4.65. The Morgan fingerprint density at radius 3 is 2.81 bits per heavy atom. The molecule has 1 aliphatic rings. The molecule has 5 heteroatoms. The lowest BCUT2D eigenvalue weighted by molar-refractivity contribution is -0.121. The molecule has 31 heavy (non-hydrogen) atoms. The van der Waals surface area contributed by atoms with E-state index in [9.17, 15) is 4.79 Å². The molecule has 1 aromatic heterocycles. The highest BCUT2D eigenvalue weighted by molar-refractivity contribution is 5.88. The molecule has 0 fully saturated rings. The molecule has 0 spiro atoms. The van der Waals surface area contributed by atoms with Gasteiger partial charge in [-0.05, 0) is 41.7 Å². The Bertz CT molecular complexity index is 1040. The van der Waals surface area contributed by atoms with Crippen molar-refractivity contribution in [2.24, 2.45) is 0 Å². The first-order valence-electron chi connectivity index (χ1n) is 11.5. The summed E-state index contributed by atoms with van der Waals surface area (Å²) >= 11 is 0. The second kappa shape index (κ2) is 9.90. The SMILES string of the molecule is CCCCCCNC(=O)C[C@H](c1ccc2c(c1)OCO2)c1c[nH]c2c(CC)cccc12. The Labute approximate surface area is 184 Å². The van der Waals surface area contributed by atoms with Gasteiger partial charge in [-0.3, -0.25) is 4.79 Å². The van der Waals surface area contributed by atoms with Gasteiger partial charge in [-0.25, -0.2) is 0 Å². The van der Waals surface area contributed by atoms with Crippen molar-refractivity contribution in [1.82, 2.24) is 10.3 Å². The number of hydrogen-bond donors (Lipinski definition) is 2. The summed E-state index contributed by atoms with van der Waals surface area (Å²) in [7, 11) is 0. The molecule has 2 N–H and O–H groups in total. The number of ether oxygens (including phenoxy) is 2. The quantitative estimate of drug-likeness (QED) is 0.415. The van der Waals surface area contributed by atoms with E-state index in [0.29, 0.717) is 6.42 Å². The highest BCUT2D eigenvalue weighted by Gasteiger charge is 2.24. The van der Waals surface area contributed by atoms with Crippen LogP contribution in [0.3, 0.4) is 0 Å². The molecule has 0 radical (unpaired) electrons. The Morgan fingerprint density at radius 2 is 1.97 bits per heavy atom. The molecule has 2 heterocycles. The van der Waals surface area contributed by atoms with Gasteiger partial charge in [-0.1, -0.05) is 57.4 Å². The van der Waals surface area contributed by atoms with Crippen LogP contribution in [-0.2, 0) is 11.2 Å². The van der Waals surface area contributed by atoms with Gasteiger partial charge in [0.25, 0.3) is 0 Å². The zero-order valence-corrected chi connectivity index (χ0v) is 18.5. The first-order chi connectivity index (χ1) is 15.2. The smallest absolute Gasteiger partial charge is 0.231 e. The molecule has 164 valence electrons. The van der Waals surface area contributed by atoms with Gasteiger partial charge in [0.2, 0.25) is 12.7 Å². The van der Waals surface area contributed by atoms with Crippen LogP contribution in [0, 0.1) is 0 Å². The van der Waals surface area contributed by atoms with Crippen LogP contribution in [0.2, 0.25) is 0 Å². The van der Waals surface area contributed by atoms with E-state index in [1.807, 2.05) is 12.1 Å². The zero-order chi connectivity index (χ0) is 21.6. The topological polar surface area (TPSA) is 63.4 Å². The number of amides is 1. The largest absolute Gasteiger partial charge is 0.454 e. The van der Waals surface area contributed by atoms with Gasteiger partial charge in [-0.2, -0.15) is 0 Å². The van der Waals surface area contributed by atoms with Crippen LogP contribution in [0.25, 0.3) is 10.9 Å². The number of fused-ring (bicyclic) bond motifs is 2. The van der Waals surface area contributed by atoms with Crippen molar-refractivity contribution in [3.05, 3.63) is 59.3 Å². The summed E-state index contributed by atoms with van der Waals surface area (Å²) in [4.78, 5) is 16.3. The van der Waals surface area contributed by atoms with E-state index in [0.717, 1.165) is 53.9 Å². The second-order valence-corrected chi connectivity index (χ2v) is 8.22. The lowest BCUT2D eigenvalue weighted by Gasteiger charge is -2.18. The molecule has 0 saturated heterocycles. The molecule has 0 aliphatic carbocycles. The summed E-state index contributed by atoms with van der Waals surface area (Å²) in [6.07, 6.45) is 8.02. The van der Waals surface area contributed by atoms with Crippen molar-refractivity contribution in [2.45, 2.75) is 58.3 Å². The maximum atomic E-state index is 12.9. The number of carbonyl (C=O) groups excluding carboxylic acids is 1. The molecule has 0 saturated carbocycles. The number of benzene rings is 2. The van der Waals surface area contributed by atoms with E-state index in [-0.39, 0.29) is 18.6 Å². The van der Waals surface area contributed by atoms with Gasteiger partial charge in [0.05, 0.1) is 0 Å². The van der Waals surface area contributed by atoms with E-state index in [4.69, 9.17) is 9.47 Å². The van der Waals surface area contributed by atoms with Crippen LogP contribution >= 0.6 is 0 Å². The summed E-state index contributed by atoms with van der Waals surface area (Å²) in [5.74, 6) is 1.53. The van der Waals surface area contributed by atoms with Crippen LogP contribution in [0.4, 0.5) is 0 Å². The number of rotatable bonds is 10. The van der Waals surface area contributed by atoms with Crippen molar-refractivity contribution in [3.8, 4) is 11.5 Å². The Balaban J connectivity index is 1.61. The summed E-state index contributed by atoms with van der Waals surface area (Å²) in [6, 6.07) is 12.4. The van der Waals surface area contributed by atoms with Gasteiger partial charge in [0, 0.05) is 36.0 Å². The van der Waals surface area contributed by atoms with Gasteiger partial charge < -0.3 is 19.8 Å². The van der Waals surface area contributed by atoms with Gasteiger partial charge in [0.15, 0.2) is 11.5 Å². The maximum Gasteiger partial charge on any atom is 0.231 e. The standard InChI is InChI=1S/C26H32N2O3/c1-3-5-6-7-13-27-25(29)15-21(19-11-12-23-24(14-19)31-17-30-23)22-16-28-26-18(4-2)9-8-10-20(22)26/h8-12,14,16,21,28H,3-7,13,15,17H2,1-2H3,(H,27,29)/t21-/m1/s1. The third-order valence-electron chi connectivity index (χ3n) is 6.13. The fourth-order valence-corrected chi connectivity index (χ4v) is 4.40. The molecule has 1 amide bonds. The third-order valence-corrected chi connectivity index (χ3v) is 6.13. The lowest BCUT2D eigenvalue weighted by Crippen LogP contribution is -2.26. The summed E-state index contributed by atoms with van der Waals surface area (Å²) < 4.78 is 11.1. The predicted octanol–water partition coefficient (Wildman–Crippen LogP) is 5.68. The van der Waals surface area contributed by atoms with E-state index in [2.05, 4.69) is 54.6 Å². The minimum absolute atomic E-state index is 0.0639. The number of unbranched alkanes of at least 4 members (excludes halogenated alkanes) is 3. The van der Waals surface area contributed by atoms with Crippen molar-refractivity contribution in [2.75, 3.05) is 13.3 Å². The molecule has 2 aromatic carbocycles. The van der Waals surface area contributed by atoms with Gasteiger partial charge >= 0.3 is 0 Å². The molecular weight excluding hydrogens is 388 g/mol. The van der Waals surface area contributed by atoms with Gasteiger partial charge in [-0.15, -0.1) is 0 Å². The first kappa shape index (κ1) is 21.3. The van der Waals surface area contributed by atoms with Gasteiger partial charge in [0.1, 0.15) is 0 Å². The highest BCUT2D eigenvalue weighted by atomic mass is 16.7. The van der Waals surface area contributed by atoms with Crippen LogP contribution in [0.1, 0.15) is 68.6 Å². The van der Waals surface area contributed by atoms with Crippen molar-refractivity contribution in [3.63, 3.8) is 0 Å². The van der Waals surface area contributed by atoms with E-state index in [1.165, 1.54) is 23.8 Å². The minimum Gasteiger partial charge on any atom is -0.454 e. The Hall–Kier alpha value is -2.95. The third kappa shape index (κ3) is 4.71. The van der Waals surface area contributed by atoms with E-state index >= 15 is 0 Å². The first-order valence-corrected chi connectivity index (χ1v) is 11.5. The van der Waals surface area contributed by atoms with Crippen LogP contribution < -0.4 is 14.8 Å². The molecular formula is C26H32N2O3. The van der Waals surface area contributed by atoms with E-state index < -0.39 is 0 Å². The normalized spacial score (nSPS) is 13.5. The monoisotopic (exact) mass is 420 g/mol. The number of aromatic amines is 1. The molecule has 4 rings (SSSR count). The highest BCUT2D eigenvalue weighted by Crippen LogP contribution is 2.39. The molecule has 0 bridgehead atoms. The number of aromatic nitrogens is 1. The number of aryl methyl sites for hydroxylation is 1. The average molecular weight is 421 g/mol. The minimum atomic E-state index is -0.0639. The van der Waals surface area contributed by atoms with Crippen LogP contribution in [0.15, 0.2) is 42.6 Å². The summed E-state index contributed by atoms with van der Waals surface area (Å²) in [5, 5.41) is 4.30. The number of carbonyl (C=O) groups is 1. The molecule has 5 nitrogen and oxygen atoms in total. The van der Waals surface area contributed by atoms with Crippen LogP contribution in [0.5, 0.6) is 11.5 Å². The van der Waals surface area contributed by atoms with E-state index in [1.54, 1.807) is 0 Å². The molecule has 1 atom stereocenters. The number of H-pyrrole nitrogens is 1. The predicted molar refractivity (Wildman–Crippen MR) is 124 cm³/mol. The average Bonchev–Trinajstić information content (AvgIpc) is 3.43. The molecule has 1 aliphatic heterocycles. The molecule has 3 aromatic rings. The number of para-hydroxylation sites is 1. The van der Waals surface area contributed by atoms with Crippen molar-refractivity contribution < 1.29 is 14.3 Å². The van der Waals surface area contributed by atoms with Crippen molar-refractivity contribution >= 4 is 16.8 Å². The summed E-state index contributed by atoms with van der Waals surface area (Å²) in [6.45, 7) is 5.34.